The highest BCUT2D eigenvalue weighted by Gasteiger charge is 2.36. The van der Waals surface area contributed by atoms with Crippen molar-refractivity contribution in [2.45, 2.75) is 18.9 Å². The van der Waals surface area contributed by atoms with Gasteiger partial charge in [0.15, 0.2) is 0 Å². The molecule has 2 aliphatic heterocycles. The summed E-state index contributed by atoms with van der Waals surface area (Å²) in [5.74, 6) is 1.26. The highest BCUT2D eigenvalue weighted by atomic mass is 16.5. The lowest BCUT2D eigenvalue weighted by Gasteiger charge is -2.42. The lowest BCUT2D eigenvalue weighted by atomic mass is 9.83. The number of hydrogen-bond acceptors (Lipinski definition) is 4. The molecule has 0 N–H and O–H groups in total. The summed E-state index contributed by atoms with van der Waals surface area (Å²) in [5.41, 5.74) is 4.26. The molecule has 2 aromatic carbocycles. The Bertz CT molecular complexity index is 1460. The van der Waals surface area contributed by atoms with Crippen molar-refractivity contribution in [1.29, 1.82) is 0 Å². The molecule has 1 fully saturated rings. The highest BCUT2D eigenvalue weighted by molar-refractivity contribution is 6.07. The fraction of sp³-hybridized carbons (Fsp3) is 0.250. The van der Waals surface area contributed by atoms with E-state index in [1.807, 2.05) is 76.2 Å². The molecule has 1 saturated heterocycles. The molecule has 6 rings (SSSR count). The molecule has 0 unspecified atom stereocenters. The topological polar surface area (TPSA) is 64.4 Å². The number of likely N-dealkylation sites (tertiary alicyclic amines) is 1. The van der Waals surface area contributed by atoms with Gasteiger partial charge < -0.3 is 14.2 Å². The van der Waals surface area contributed by atoms with Gasteiger partial charge in [-0.25, -0.2) is 4.98 Å². The lowest BCUT2D eigenvalue weighted by molar-refractivity contribution is 0.0596. The van der Waals surface area contributed by atoms with Crippen molar-refractivity contribution in [1.82, 2.24) is 14.5 Å². The minimum absolute atomic E-state index is 0.0230. The van der Waals surface area contributed by atoms with Gasteiger partial charge in [-0.2, -0.15) is 0 Å². The molecular formula is C28H25N3O3. The van der Waals surface area contributed by atoms with Crippen LogP contribution in [0.1, 0.15) is 28.4 Å². The van der Waals surface area contributed by atoms with E-state index in [1.54, 1.807) is 13.2 Å². The van der Waals surface area contributed by atoms with E-state index in [0.717, 1.165) is 40.0 Å². The van der Waals surface area contributed by atoms with E-state index in [-0.39, 0.29) is 23.3 Å². The predicted molar refractivity (Wildman–Crippen MR) is 131 cm³/mol. The van der Waals surface area contributed by atoms with E-state index in [1.165, 1.54) is 0 Å². The molecule has 0 spiro atoms. The van der Waals surface area contributed by atoms with Gasteiger partial charge in [-0.05, 0) is 54.8 Å². The van der Waals surface area contributed by atoms with Crippen molar-refractivity contribution < 1.29 is 9.53 Å². The fourth-order valence-corrected chi connectivity index (χ4v) is 5.49. The summed E-state index contributed by atoms with van der Waals surface area (Å²) in [6.07, 6.45) is 1.02. The number of aromatic nitrogens is 2. The zero-order valence-electron chi connectivity index (χ0n) is 19.0. The Kier molecular flexibility index (Phi) is 4.94. The van der Waals surface area contributed by atoms with Gasteiger partial charge in [0.25, 0.3) is 11.5 Å². The molecule has 0 radical (unpaired) electrons. The van der Waals surface area contributed by atoms with E-state index >= 15 is 0 Å². The number of carbonyl (C=O) groups is 1. The number of methoxy groups -OCH3 is 1. The molecule has 34 heavy (non-hydrogen) atoms. The third kappa shape index (κ3) is 3.46. The van der Waals surface area contributed by atoms with Gasteiger partial charge in [-0.15, -0.1) is 0 Å². The second kappa shape index (κ2) is 8.13. The second-order valence-corrected chi connectivity index (χ2v) is 9.21. The standard InChI is InChI=1S/C28H25N3O3/c1-34-21-11-9-19(10-12-21)25-14-23(22-5-2-3-6-24(22)29-25)28(33)30-15-18-13-20(17-30)26-7-4-8-27(32)31(26)16-18/h2-12,14,18,20H,13,15-17H2,1H3/t18-,20-/m0/s1. The number of fused-ring (bicyclic) bond motifs is 5. The molecule has 2 aromatic heterocycles. The SMILES string of the molecule is COc1ccc(-c2cc(C(=O)N3C[C@@H]4C[C@@H](C3)c3cccc(=O)n3C4)c3ccccc3n2)cc1. The normalized spacial score (nSPS) is 19.0. The quantitative estimate of drug-likeness (QED) is 0.465. The molecule has 2 aliphatic rings. The third-order valence-electron chi connectivity index (χ3n) is 7.10. The van der Waals surface area contributed by atoms with Crippen molar-refractivity contribution in [3.63, 3.8) is 0 Å². The van der Waals surface area contributed by atoms with Gasteiger partial charge in [0.05, 0.1) is 23.9 Å². The number of hydrogen-bond donors (Lipinski definition) is 0. The average molecular weight is 452 g/mol. The first-order chi connectivity index (χ1) is 16.6. The summed E-state index contributed by atoms with van der Waals surface area (Å²) in [5, 5.41) is 0.858. The van der Waals surface area contributed by atoms with Crippen molar-refractivity contribution in [3.8, 4) is 17.0 Å². The van der Waals surface area contributed by atoms with Crippen molar-refractivity contribution in [2.75, 3.05) is 20.2 Å². The van der Waals surface area contributed by atoms with E-state index in [4.69, 9.17) is 9.72 Å². The molecule has 1 amide bonds. The van der Waals surface area contributed by atoms with Crippen molar-refractivity contribution in [3.05, 3.63) is 94.4 Å². The van der Waals surface area contributed by atoms with E-state index < -0.39 is 0 Å². The molecule has 4 aromatic rings. The number of piperidine rings is 1. The Morgan fingerprint density at radius 1 is 0.971 bits per heavy atom. The first kappa shape index (κ1) is 20.7. The zero-order valence-corrected chi connectivity index (χ0v) is 19.0. The monoisotopic (exact) mass is 451 g/mol. The smallest absolute Gasteiger partial charge is 0.254 e. The van der Waals surface area contributed by atoms with Crippen LogP contribution in [0.15, 0.2) is 77.6 Å². The number of ether oxygens (including phenoxy) is 1. The largest absolute Gasteiger partial charge is 0.497 e. The summed E-state index contributed by atoms with van der Waals surface area (Å²) in [4.78, 5) is 33.1. The first-order valence-electron chi connectivity index (χ1n) is 11.6. The lowest BCUT2D eigenvalue weighted by Crippen LogP contribution is -2.49. The molecule has 170 valence electrons. The predicted octanol–water partition coefficient (Wildman–Crippen LogP) is 4.33. The van der Waals surface area contributed by atoms with Crippen LogP contribution in [-0.4, -0.2) is 40.6 Å². The average Bonchev–Trinajstić information content (AvgIpc) is 2.88. The van der Waals surface area contributed by atoms with E-state index in [9.17, 15) is 9.59 Å². The summed E-state index contributed by atoms with van der Waals surface area (Å²) in [6.45, 7) is 1.95. The molecule has 6 heteroatoms. The zero-order chi connectivity index (χ0) is 23.2. The second-order valence-electron chi connectivity index (χ2n) is 9.21. The molecule has 2 bridgehead atoms. The maximum absolute atomic E-state index is 13.9. The minimum Gasteiger partial charge on any atom is -0.497 e. The van der Waals surface area contributed by atoms with Gasteiger partial charge >= 0.3 is 0 Å². The van der Waals surface area contributed by atoms with Crippen LogP contribution in [0.2, 0.25) is 0 Å². The van der Waals surface area contributed by atoms with Gasteiger partial charge in [0, 0.05) is 48.3 Å². The third-order valence-corrected chi connectivity index (χ3v) is 7.10. The van der Waals surface area contributed by atoms with Gasteiger partial charge in [0.2, 0.25) is 0 Å². The van der Waals surface area contributed by atoms with Crippen LogP contribution in [0.25, 0.3) is 22.2 Å². The van der Waals surface area contributed by atoms with Crippen LogP contribution >= 0.6 is 0 Å². The molecule has 0 saturated carbocycles. The van der Waals surface area contributed by atoms with E-state index in [2.05, 4.69) is 0 Å². The number of para-hydroxylation sites is 1. The van der Waals surface area contributed by atoms with E-state index in [0.29, 0.717) is 25.2 Å². The Morgan fingerprint density at radius 2 is 1.79 bits per heavy atom. The van der Waals surface area contributed by atoms with Gasteiger partial charge in [0.1, 0.15) is 5.75 Å². The van der Waals surface area contributed by atoms with Crippen molar-refractivity contribution in [2.24, 2.45) is 5.92 Å². The number of amides is 1. The van der Waals surface area contributed by atoms with Crippen LogP contribution in [0.3, 0.4) is 0 Å². The van der Waals surface area contributed by atoms with Crippen LogP contribution in [0, 0.1) is 5.92 Å². The molecule has 4 heterocycles. The Hall–Kier alpha value is -3.93. The highest BCUT2D eigenvalue weighted by Crippen LogP contribution is 2.36. The van der Waals surface area contributed by atoms with Crippen LogP contribution in [0.5, 0.6) is 5.75 Å². The molecular weight excluding hydrogens is 426 g/mol. The van der Waals surface area contributed by atoms with Crippen LogP contribution in [-0.2, 0) is 6.54 Å². The Labute approximate surface area is 197 Å². The number of rotatable bonds is 3. The number of nitrogens with zero attached hydrogens (tertiary/aromatic N) is 3. The van der Waals surface area contributed by atoms with Gasteiger partial charge in [-0.3, -0.25) is 9.59 Å². The molecule has 2 atom stereocenters. The number of benzene rings is 2. The Balaban J connectivity index is 1.39. The fourth-order valence-electron chi connectivity index (χ4n) is 5.49. The maximum Gasteiger partial charge on any atom is 0.254 e. The summed E-state index contributed by atoms with van der Waals surface area (Å²) >= 11 is 0. The Morgan fingerprint density at radius 3 is 2.62 bits per heavy atom. The van der Waals surface area contributed by atoms with Crippen LogP contribution in [0.4, 0.5) is 0 Å². The first-order valence-corrected chi connectivity index (χ1v) is 11.6. The molecule has 0 aliphatic carbocycles. The maximum atomic E-state index is 13.9. The summed E-state index contributed by atoms with van der Waals surface area (Å²) in [7, 11) is 1.64. The van der Waals surface area contributed by atoms with Crippen LogP contribution < -0.4 is 10.3 Å². The van der Waals surface area contributed by atoms with Gasteiger partial charge in [-0.1, -0.05) is 24.3 Å². The molecule has 6 nitrogen and oxygen atoms in total. The summed E-state index contributed by atoms with van der Waals surface area (Å²) < 4.78 is 7.18. The van der Waals surface area contributed by atoms with Crippen molar-refractivity contribution >= 4 is 16.8 Å². The minimum atomic E-state index is 0.0230. The summed E-state index contributed by atoms with van der Waals surface area (Å²) in [6, 6.07) is 22.9. The number of carbonyl (C=O) groups excluding carboxylic acids is 1. The number of pyridine rings is 2.